The molecule has 20 heteroatoms. The molecule has 0 saturated heterocycles. The summed E-state index contributed by atoms with van der Waals surface area (Å²) in [5, 5.41) is 10.4. The van der Waals surface area contributed by atoms with Crippen molar-refractivity contribution in [2.24, 2.45) is 29.1 Å². The first kappa shape index (κ1) is 66.9. The molecule has 0 bridgehead atoms. The molecule has 2 aliphatic carbocycles. The molecule has 0 amide bonds. The normalized spacial score (nSPS) is 17.0. The van der Waals surface area contributed by atoms with Crippen molar-refractivity contribution >= 4 is 62.4 Å². The van der Waals surface area contributed by atoms with Crippen LogP contribution in [0.1, 0.15) is 134 Å². The van der Waals surface area contributed by atoms with Crippen LogP contribution >= 0.6 is 11.3 Å². The number of carbonyl (C=O) groups excluding carboxylic acids is 5. The Bertz CT molecular complexity index is 3220. The van der Waals surface area contributed by atoms with Crippen molar-refractivity contribution < 1.29 is 86.5 Å². The van der Waals surface area contributed by atoms with Gasteiger partial charge in [0.25, 0.3) is 0 Å². The van der Waals surface area contributed by atoms with Crippen molar-refractivity contribution in [2.75, 3.05) is 39.6 Å². The first-order chi connectivity index (χ1) is 41.9. The monoisotopic (exact) mass is 1220 g/mol. The molecule has 6 aromatic rings. The average molecular weight is 1220 g/mol. The van der Waals surface area contributed by atoms with E-state index >= 15 is 0 Å². The molecule has 8 rings (SSSR count). The maximum atomic E-state index is 13.6. The van der Waals surface area contributed by atoms with Gasteiger partial charge >= 0.3 is 29.8 Å². The Morgan fingerprint density at radius 2 is 1.30 bits per heavy atom. The topological polar surface area (TPSA) is 233 Å². The molecule has 0 unspecified atom stereocenters. The predicted molar refractivity (Wildman–Crippen MR) is 326 cm³/mol. The van der Waals surface area contributed by atoms with Crippen LogP contribution in [0.25, 0.3) is 32.0 Å². The third kappa shape index (κ3) is 20.8. The number of furan rings is 1. The van der Waals surface area contributed by atoms with Crippen molar-refractivity contribution in [1.82, 2.24) is 4.98 Å². The van der Waals surface area contributed by atoms with Gasteiger partial charge in [0.1, 0.15) is 46.6 Å². The molecule has 1 atom stereocenters. The quantitative estimate of drug-likeness (QED) is 0.00839. The van der Waals surface area contributed by atoms with Crippen LogP contribution in [0.4, 0.5) is 0 Å². The zero-order chi connectivity index (χ0) is 62.3. The molecule has 2 aliphatic rings. The van der Waals surface area contributed by atoms with Crippen LogP contribution in [0.2, 0.25) is 0 Å². The summed E-state index contributed by atoms with van der Waals surface area (Å²) in [5.41, 5.74) is 3.24. The van der Waals surface area contributed by atoms with Crippen LogP contribution < -0.4 is 24.0 Å². The molecule has 2 fully saturated rings. The van der Waals surface area contributed by atoms with Crippen LogP contribution in [-0.2, 0) is 52.8 Å². The molecule has 4 aromatic carbocycles. The molecule has 0 radical (unpaired) electrons. The fraction of sp³-hybridized carbons (Fsp3) is 0.463. The van der Waals surface area contributed by atoms with Crippen LogP contribution in [0.3, 0.4) is 0 Å². The molecule has 0 spiro atoms. The fourth-order valence-electron chi connectivity index (χ4n) is 9.98. The Labute approximate surface area is 511 Å². The van der Waals surface area contributed by atoms with Gasteiger partial charge in [-0.1, -0.05) is 51.1 Å². The first-order valence-corrected chi connectivity index (χ1v) is 30.6. The Kier molecular flexibility index (Phi) is 25.8. The van der Waals surface area contributed by atoms with E-state index in [1.807, 2.05) is 36.4 Å². The van der Waals surface area contributed by atoms with E-state index in [4.69, 9.17) is 57.9 Å². The van der Waals surface area contributed by atoms with Crippen molar-refractivity contribution in [3.8, 4) is 39.5 Å². The van der Waals surface area contributed by atoms with Gasteiger partial charge in [0.05, 0.1) is 44.2 Å². The van der Waals surface area contributed by atoms with Crippen molar-refractivity contribution in [2.45, 2.75) is 131 Å². The second-order valence-electron chi connectivity index (χ2n) is 22.8. The number of carbonyl (C=O) groups is 5. The first-order valence-electron chi connectivity index (χ1n) is 29.8. The standard InChI is InChI=1S/C48H57NO10S.C19H24O8/c1-5-44(50)53-25-9-7-6-8-24-52-37-18-20-38(21-19-37)58-54-29-35-14-16-36(17-15-35)48(51)57-41-23-22-40(59-55-30-34-12-10-31(2)11-13-34)45-46(41)60-47(49-45)43-28-39-33(4)26-32(3)27-42(39)56-43;1-5-16(20)24-10-11-25-17(21)12-19(3,4)18(22)26-15-8-6-14(7-9-15)13(2)27-23/h5,18-23,26-28,31,34-36H,1,6-17,24-25,29-30H2,2-4H3;5-9,13,23H,1,10-12H2,2-4H3/t;13-/m.0/s1. The van der Waals surface area contributed by atoms with Gasteiger partial charge in [0.15, 0.2) is 28.0 Å². The molecule has 1 N–H and O–H groups in total. The lowest BCUT2D eigenvalue weighted by molar-refractivity contribution is -0.277. The van der Waals surface area contributed by atoms with E-state index in [-0.39, 0.29) is 43.4 Å². The van der Waals surface area contributed by atoms with Crippen LogP contribution in [0, 0.1) is 42.9 Å². The number of hydrogen-bond donors (Lipinski definition) is 1. The smallest absolute Gasteiger partial charge is 0.330 e. The highest BCUT2D eigenvalue weighted by Gasteiger charge is 2.34. The average Bonchev–Trinajstić information content (AvgIpc) is 2.04. The second-order valence-corrected chi connectivity index (χ2v) is 23.8. The number of nitrogens with zero attached hydrogens (tertiary/aromatic N) is 1. The van der Waals surface area contributed by atoms with Crippen molar-refractivity contribution in [3.05, 3.63) is 121 Å². The number of esters is 5. The minimum Gasteiger partial charge on any atom is -0.494 e. The van der Waals surface area contributed by atoms with Crippen molar-refractivity contribution in [1.29, 1.82) is 0 Å². The highest BCUT2D eigenvalue weighted by atomic mass is 32.1. The summed E-state index contributed by atoms with van der Waals surface area (Å²) < 4.78 is 38.9. The number of ether oxygens (including phenoxy) is 6. The van der Waals surface area contributed by atoms with Crippen molar-refractivity contribution in [3.63, 3.8) is 0 Å². The molecule has 19 nitrogen and oxygen atoms in total. The number of thiazole rings is 1. The predicted octanol–water partition coefficient (Wildman–Crippen LogP) is 14.7. The van der Waals surface area contributed by atoms with Gasteiger partial charge in [0.2, 0.25) is 0 Å². The Morgan fingerprint density at radius 3 is 1.97 bits per heavy atom. The Hall–Kier alpha value is -7.62. The molecule has 2 saturated carbocycles. The number of fused-ring (bicyclic) bond motifs is 2. The number of benzene rings is 4. The van der Waals surface area contributed by atoms with E-state index in [9.17, 15) is 24.0 Å². The number of aryl methyl sites for hydroxylation is 2. The minimum atomic E-state index is -1.12. The third-order valence-electron chi connectivity index (χ3n) is 15.3. The van der Waals surface area contributed by atoms with Gasteiger partial charge in [-0.05, 0) is 194 Å². The van der Waals surface area contributed by atoms with Gasteiger partial charge in [0, 0.05) is 17.5 Å². The van der Waals surface area contributed by atoms with Gasteiger partial charge < -0.3 is 42.6 Å². The molecular formula is C67H81NO18S. The largest absolute Gasteiger partial charge is 0.494 e. The van der Waals surface area contributed by atoms with Crippen LogP contribution in [0.15, 0.2) is 109 Å². The molecule has 2 aromatic heterocycles. The molecule has 87 heavy (non-hydrogen) atoms. The van der Waals surface area contributed by atoms with Gasteiger partial charge in [-0.2, -0.15) is 9.78 Å². The van der Waals surface area contributed by atoms with E-state index in [1.165, 1.54) is 30.3 Å². The van der Waals surface area contributed by atoms with E-state index in [1.54, 1.807) is 57.2 Å². The maximum Gasteiger partial charge on any atom is 0.330 e. The summed E-state index contributed by atoms with van der Waals surface area (Å²) in [6.07, 6.45) is 12.9. The summed E-state index contributed by atoms with van der Waals surface area (Å²) >= 11 is 1.41. The molecule has 0 aliphatic heterocycles. The van der Waals surface area contributed by atoms with Crippen LogP contribution in [-0.4, -0.2) is 79.7 Å². The van der Waals surface area contributed by atoms with Gasteiger partial charge in [-0.3, -0.25) is 19.6 Å². The number of aromatic nitrogens is 1. The van der Waals surface area contributed by atoms with E-state index in [2.05, 4.69) is 49.6 Å². The van der Waals surface area contributed by atoms with E-state index in [0.29, 0.717) is 94.7 Å². The molecule has 468 valence electrons. The van der Waals surface area contributed by atoms with Gasteiger partial charge in [-0.25, -0.2) is 19.5 Å². The number of unbranched alkanes of at least 4 members (excludes halogenated alkanes) is 3. The minimum absolute atomic E-state index is 0.0935. The summed E-state index contributed by atoms with van der Waals surface area (Å²) in [6.45, 7) is 19.6. The summed E-state index contributed by atoms with van der Waals surface area (Å²) in [4.78, 5) is 91.9. The van der Waals surface area contributed by atoms with E-state index in [0.717, 1.165) is 91.2 Å². The SMILES string of the molecule is C=CC(=O)OCCCCCCOc1ccc(OOCC2CCC(C(=O)Oc3ccc(OOCC4CCC(C)CC4)c4nc(-c5cc6c(C)cc(C)cc6o5)sc34)CC2)cc1.C=CC(=O)OCCOC(=O)CC(C)(C)C(=O)Oc1ccc([C@H](C)OO)cc1. The lowest BCUT2D eigenvalue weighted by atomic mass is 9.82. The fourth-order valence-corrected chi connectivity index (χ4v) is 11.0. The zero-order valence-corrected chi connectivity index (χ0v) is 51.5. The second kappa shape index (κ2) is 33.5. The Morgan fingerprint density at radius 1 is 0.701 bits per heavy atom. The highest BCUT2D eigenvalue weighted by Crippen LogP contribution is 2.43. The number of hydrogen-bond acceptors (Lipinski definition) is 20. The summed E-state index contributed by atoms with van der Waals surface area (Å²) in [7, 11) is 0. The maximum absolute atomic E-state index is 13.6. The summed E-state index contributed by atoms with van der Waals surface area (Å²) in [6, 6.07) is 23.5. The highest BCUT2D eigenvalue weighted by molar-refractivity contribution is 7.22. The third-order valence-corrected chi connectivity index (χ3v) is 16.3. The van der Waals surface area contributed by atoms with E-state index < -0.39 is 29.4 Å². The Balaban J connectivity index is 0.000000336. The molecular weight excluding hydrogens is 1140 g/mol. The molecule has 2 heterocycles. The van der Waals surface area contributed by atoms with Crippen LogP contribution in [0.5, 0.6) is 28.7 Å². The lowest BCUT2D eigenvalue weighted by Crippen LogP contribution is -2.32. The van der Waals surface area contributed by atoms with Gasteiger partial charge in [-0.15, -0.1) is 11.3 Å². The number of rotatable bonds is 30. The lowest BCUT2D eigenvalue weighted by Gasteiger charge is -2.26. The zero-order valence-electron chi connectivity index (χ0n) is 50.6. The summed E-state index contributed by atoms with van der Waals surface area (Å²) in [5.74, 6) is 2.07.